The number of amides is 1. The Labute approximate surface area is 186 Å². The molecule has 2 aromatic carbocycles. The largest absolute Gasteiger partial charge is 0.493 e. The first kappa shape index (κ1) is 24.9. The molecule has 0 spiro atoms. The number of methoxy groups -OCH3 is 1. The molecule has 0 aliphatic heterocycles. The number of carbonyl (C=O) groups excluding carboxylic acids is 1. The van der Waals surface area contributed by atoms with Gasteiger partial charge in [0.05, 0.1) is 30.8 Å². The molecule has 0 radical (unpaired) electrons. The minimum Gasteiger partial charge on any atom is -0.493 e. The number of hydrogen-bond donors (Lipinski definition) is 2. The first-order valence-corrected chi connectivity index (χ1v) is 11.1. The summed E-state index contributed by atoms with van der Waals surface area (Å²) in [6.07, 6.45) is 2.28. The van der Waals surface area contributed by atoms with E-state index in [4.69, 9.17) is 9.47 Å². The van der Waals surface area contributed by atoms with Gasteiger partial charge in [0.1, 0.15) is 5.75 Å². The topological polar surface area (TPSA) is 67.8 Å². The van der Waals surface area contributed by atoms with Crippen LogP contribution in [0, 0.1) is 5.92 Å². The van der Waals surface area contributed by atoms with Gasteiger partial charge in [-0.2, -0.15) is 0 Å². The van der Waals surface area contributed by atoms with E-state index in [0.717, 1.165) is 29.7 Å². The van der Waals surface area contributed by atoms with E-state index in [1.165, 1.54) is 0 Å². The van der Waals surface area contributed by atoms with Crippen LogP contribution in [-0.4, -0.2) is 36.9 Å². The van der Waals surface area contributed by atoms with Crippen molar-refractivity contribution in [3.63, 3.8) is 0 Å². The summed E-state index contributed by atoms with van der Waals surface area (Å²) >= 11 is 0. The summed E-state index contributed by atoms with van der Waals surface area (Å²) in [6.45, 7) is 8.68. The molecule has 2 aromatic rings. The molecule has 0 heterocycles. The van der Waals surface area contributed by atoms with Gasteiger partial charge >= 0.3 is 0 Å². The van der Waals surface area contributed by atoms with Gasteiger partial charge in [-0.1, -0.05) is 62.7 Å². The van der Waals surface area contributed by atoms with Crippen molar-refractivity contribution in [2.24, 2.45) is 5.92 Å². The number of aliphatic hydroxyl groups is 1. The van der Waals surface area contributed by atoms with Crippen LogP contribution >= 0.6 is 0 Å². The molecule has 0 aliphatic carbocycles. The molecule has 2 N–H and O–H groups in total. The molecular weight excluding hydrogens is 390 g/mol. The van der Waals surface area contributed by atoms with Crippen LogP contribution in [0.4, 0.5) is 0 Å². The van der Waals surface area contributed by atoms with Gasteiger partial charge in [-0.25, -0.2) is 0 Å². The average molecular weight is 428 g/mol. The monoisotopic (exact) mass is 427 g/mol. The Morgan fingerprint density at radius 2 is 1.68 bits per heavy atom. The van der Waals surface area contributed by atoms with Gasteiger partial charge in [-0.15, -0.1) is 0 Å². The maximum Gasteiger partial charge on any atom is 0.230 e. The van der Waals surface area contributed by atoms with E-state index in [0.29, 0.717) is 12.5 Å². The van der Waals surface area contributed by atoms with Gasteiger partial charge in [0.15, 0.2) is 0 Å². The number of ether oxygens (including phenoxy) is 2. The van der Waals surface area contributed by atoms with Crippen molar-refractivity contribution in [1.82, 2.24) is 5.32 Å². The molecule has 31 heavy (non-hydrogen) atoms. The van der Waals surface area contributed by atoms with Crippen molar-refractivity contribution in [3.05, 3.63) is 65.7 Å². The quantitative estimate of drug-likeness (QED) is 0.508. The average Bonchev–Trinajstić information content (AvgIpc) is 2.74. The summed E-state index contributed by atoms with van der Waals surface area (Å²) < 4.78 is 11.2. The third kappa shape index (κ3) is 7.67. The Morgan fingerprint density at radius 1 is 1.03 bits per heavy atom. The van der Waals surface area contributed by atoms with Gasteiger partial charge in [-0.05, 0) is 49.4 Å². The van der Waals surface area contributed by atoms with Crippen molar-refractivity contribution >= 4 is 5.91 Å². The van der Waals surface area contributed by atoms with Gasteiger partial charge in [0.2, 0.25) is 5.91 Å². The molecule has 0 unspecified atom stereocenters. The molecule has 0 fully saturated rings. The van der Waals surface area contributed by atoms with Crippen molar-refractivity contribution in [1.29, 1.82) is 0 Å². The second-order valence-electron chi connectivity index (χ2n) is 8.79. The zero-order chi connectivity index (χ0) is 22.9. The number of rotatable bonds is 12. The summed E-state index contributed by atoms with van der Waals surface area (Å²) in [7, 11) is 1.58. The van der Waals surface area contributed by atoms with Crippen LogP contribution in [0.5, 0.6) is 5.75 Å². The third-order valence-corrected chi connectivity index (χ3v) is 5.37. The minimum absolute atomic E-state index is 0.186. The lowest BCUT2D eigenvalue weighted by Crippen LogP contribution is -2.44. The van der Waals surface area contributed by atoms with Crippen molar-refractivity contribution in [2.45, 2.75) is 58.1 Å². The standard InChI is InChI=1S/C26H37NO4/c1-6-10-19(2)17-31-22-15-13-21(14-16-22)24(26(3,4)29)27-25(28)23(18-30-5)20-11-8-7-9-12-20/h7-9,11-16,19,23-24,29H,6,10,17-18H2,1-5H3,(H,27,28)/t19-,23+,24-/m1/s1. The molecule has 1 amide bonds. The smallest absolute Gasteiger partial charge is 0.230 e. The van der Waals surface area contributed by atoms with Crippen LogP contribution in [0.3, 0.4) is 0 Å². The van der Waals surface area contributed by atoms with E-state index in [1.54, 1.807) is 21.0 Å². The highest BCUT2D eigenvalue weighted by atomic mass is 16.5. The fourth-order valence-electron chi connectivity index (χ4n) is 3.66. The van der Waals surface area contributed by atoms with Crippen LogP contribution in [0.25, 0.3) is 0 Å². The molecule has 5 heteroatoms. The molecule has 0 saturated heterocycles. The maximum absolute atomic E-state index is 13.1. The number of benzene rings is 2. The first-order chi connectivity index (χ1) is 14.8. The fraction of sp³-hybridized carbons (Fsp3) is 0.500. The Hall–Kier alpha value is -2.37. The number of hydrogen-bond acceptors (Lipinski definition) is 4. The Morgan fingerprint density at radius 3 is 2.23 bits per heavy atom. The number of nitrogens with one attached hydrogen (secondary N) is 1. The van der Waals surface area contributed by atoms with Crippen LogP contribution in [0.15, 0.2) is 54.6 Å². The highest BCUT2D eigenvalue weighted by molar-refractivity contribution is 5.84. The van der Waals surface area contributed by atoms with Crippen LogP contribution < -0.4 is 10.1 Å². The van der Waals surface area contributed by atoms with Gasteiger partial charge < -0.3 is 19.9 Å². The van der Waals surface area contributed by atoms with Crippen molar-refractivity contribution in [3.8, 4) is 5.75 Å². The SMILES string of the molecule is CCC[C@@H](C)COc1ccc([C@@H](NC(=O)[C@@H](COC)c2ccccc2)C(C)(C)O)cc1. The second-order valence-corrected chi connectivity index (χ2v) is 8.79. The second kappa shape index (κ2) is 11.9. The third-order valence-electron chi connectivity index (χ3n) is 5.37. The summed E-state index contributed by atoms with van der Waals surface area (Å²) in [5.41, 5.74) is 0.544. The molecule has 5 nitrogen and oxygen atoms in total. The summed E-state index contributed by atoms with van der Waals surface area (Å²) in [6, 6.07) is 16.5. The highest BCUT2D eigenvalue weighted by Gasteiger charge is 2.32. The molecule has 170 valence electrons. The molecule has 0 aliphatic rings. The Kier molecular flexibility index (Phi) is 9.53. The number of carbonyl (C=O) groups is 1. The van der Waals surface area contributed by atoms with Gasteiger partial charge in [0.25, 0.3) is 0 Å². The van der Waals surface area contributed by atoms with E-state index < -0.39 is 17.6 Å². The lowest BCUT2D eigenvalue weighted by atomic mass is 9.90. The van der Waals surface area contributed by atoms with E-state index in [2.05, 4.69) is 19.2 Å². The molecule has 0 aromatic heterocycles. The van der Waals surface area contributed by atoms with E-state index >= 15 is 0 Å². The van der Waals surface area contributed by atoms with E-state index in [-0.39, 0.29) is 12.5 Å². The lowest BCUT2D eigenvalue weighted by Gasteiger charge is -2.32. The fourth-order valence-corrected chi connectivity index (χ4v) is 3.66. The summed E-state index contributed by atoms with van der Waals surface area (Å²) in [5.74, 6) is 0.644. The van der Waals surface area contributed by atoms with Crippen LogP contribution in [0.2, 0.25) is 0 Å². The van der Waals surface area contributed by atoms with Crippen molar-refractivity contribution < 1.29 is 19.4 Å². The maximum atomic E-state index is 13.1. The van der Waals surface area contributed by atoms with Crippen LogP contribution in [0.1, 0.15) is 63.6 Å². The van der Waals surface area contributed by atoms with Crippen molar-refractivity contribution in [2.75, 3.05) is 20.3 Å². The Balaban J connectivity index is 2.15. The molecular formula is C26H37NO4. The molecule has 0 bridgehead atoms. The predicted molar refractivity (Wildman–Crippen MR) is 124 cm³/mol. The van der Waals surface area contributed by atoms with Gasteiger partial charge in [-0.3, -0.25) is 4.79 Å². The Bertz CT molecular complexity index is 783. The molecule has 3 atom stereocenters. The summed E-state index contributed by atoms with van der Waals surface area (Å²) in [4.78, 5) is 13.1. The highest BCUT2D eigenvalue weighted by Crippen LogP contribution is 2.29. The minimum atomic E-state index is -1.15. The predicted octanol–water partition coefficient (Wildman–Crippen LogP) is 4.86. The van der Waals surface area contributed by atoms with E-state index in [1.807, 2.05) is 54.6 Å². The zero-order valence-electron chi connectivity index (χ0n) is 19.4. The first-order valence-electron chi connectivity index (χ1n) is 11.1. The zero-order valence-corrected chi connectivity index (χ0v) is 19.4. The summed E-state index contributed by atoms with van der Waals surface area (Å²) in [5, 5.41) is 13.8. The lowest BCUT2D eigenvalue weighted by molar-refractivity contribution is -0.126. The van der Waals surface area contributed by atoms with Crippen LogP contribution in [-0.2, 0) is 9.53 Å². The normalized spacial score (nSPS) is 14.5. The molecule has 2 rings (SSSR count). The van der Waals surface area contributed by atoms with E-state index in [9.17, 15) is 9.90 Å². The molecule has 0 saturated carbocycles. The van der Waals surface area contributed by atoms with Gasteiger partial charge in [0, 0.05) is 7.11 Å².